The SMILES string of the molecule is CN1CCN(c2ccccc2CNC(=O)CCN2C(=O)COc3ccccc32)CC1. The van der Waals surface area contributed by atoms with Gasteiger partial charge in [-0.05, 0) is 30.8 Å². The molecule has 0 radical (unpaired) electrons. The van der Waals surface area contributed by atoms with Gasteiger partial charge in [-0.2, -0.15) is 0 Å². The Bertz CT molecular complexity index is 909. The van der Waals surface area contributed by atoms with E-state index in [-0.39, 0.29) is 24.8 Å². The largest absolute Gasteiger partial charge is 0.482 e. The van der Waals surface area contributed by atoms with Crippen LogP contribution in [0.1, 0.15) is 12.0 Å². The summed E-state index contributed by atoms with van der Waals surface area (Å²) in [4.78, 5) is 31.1. The molecule has 2 aromatic carbocycles. The molecule has 1 fully saturated rings. The molecule has 0 spiro atoms. The van der Waals surface area contributed by atoms with E-state index in [1.54, 1.807) is 4.90 Å². The van der Waals surface area contributed by atoms with Crippen molar-refractivity contribution in [1.82, 2.24) is 10.2 Å². The van der Waals surface area contributed by atoms with Crippen molar-refractivity contribution in [2.24, 2.45) is 0 Å². The number of piperazine rings is 1. The number of nitrogens with zero attached hydrogens (tertiary/aromatic N) is 3. The van der Waals surface area contributed by atoms with Crippen LogP contribution in [0, 0.1) is 0 Å². The van der Waals surface area contributed by atoms with Gasteiger partial charge in [0, 0.05) is 51.4 Å². The lowest BCUT2D eigenvalue weighted by atomic mass is 10.1. The molecule has 7 nitrogen and oxygen atoms in total. The van der Waals surface area contributed by atoms with E-state index in [0.29, 0.717) is 18.8 Å². The van der Waals surface area contributed by atoms with Crippen LogP contribution in [-0.2, 0) is 16.1 Å². The van der Waals surface area contributed by atoms with Gasteiger partial charge in [-0.25, -0.2) is 0 Å². The average molecular weight is 409 g/mol. The van der Waals surface area contributed by atoms with E-state index in [2.05, 4.69) is 34.3 Å². The van der Waals surface area contributed by atoms with Crippen molar-refractivity contribution in [2.45, 2.75) is 13.0 Å². The molecule has 1 N–H and O–H groups in total. The van der Waals surface area contributed by atoms with Gasteiger partial charge < -0.3 is 24.8 Å². The number of carbonyl (C=O) groups excluding carboxylic acids is 2. The quantitative estimate of drug-likeness (QED) is 0.791. The fourth-order valence-corrected chi connectivity index (χ4v) is 3.91. The summed E-state index contributed by atoms with van der Waals surface area (Å²) < 4.78 is 5.46. The Morgan fingerprint density at radius 3 is 2.50 bits per heavy atom. The van der Waals surface area contributed by atoms with Crippen molar-refractivity contribution in [3.05, 3.63) is 54.1 Å². The highest BCUT2D eigenvalue weighted by molar-refractivity contribution is 5.98. The number of anilines is 2. The minimum atomic E-state index is -0.123. The average Bonchev–Trinajstić information content (AvgIpc) is 2.78. The van der Waals surface area contributed by atoms with Crippen LogP contribution in [0.3, 0.4) is 0 Å². The summed E-state index contributed by atoms with van der Waals surface area (Å²) in [7, 11) is 2.14. The van der Waals surface area contributed by atoms with Gasteiger partial charge in [-0.15, -0.1) is 0 Å². The monoisotopic (exact) mass is 408 g/mol. The lowest BCUT2D eigenvalue weighted by Gasteiger charge is -2.35. The van der Waals surface area contributed by atoms with E-state index in [1.807, 2.05) is 36.4 Å². The number of benzene rings is 2. The molecule has 2 aromatic rings. The van der Waals surface area contributed by atoms with Crippen LogP contribution in [0.5, 0.6) is 5.75 Å². The second-order valence-electron chi connectivity index (χ2n) is 7.75. The highest BCUT2D eigenvalue weighted by Gasteiger charge is 2.25. The first-order valence-electron chi connectivity index (χ1n) is 10.4. The van der Waals surface area contributed by atoms with Gasteiger partial charge in [-0.1, -0.05) is 30.3 Å². The maximum absolute atomic E-state index is 12.5. The van der Waals surface area contributed by atoms with Crippen molar-refractivity contribution in [2.75, 3.05) is 56.2 Å². The zero-order chi connectivity index (χ0) is 20.9. The molecule has 7 heteroatoms. The number of amides is 2. The van der Waals surface area contributed by atoms with Gasteiger partial charge in [0.1, 0.15) is 5.75 Å². The Morgan fingerprint density at radius 2 is 1.70 bits per heavy atom. The van der Waals surface area contributed by atoms with Crippen LogP contribution >= 0.6 is 0 Å². The van der Waals surface area contributed by atoms with Crippen molar-refractivity contribution in [1.29, 1.82) is 0 Å². The molecule has 1 saturated heterocycles. The number of nitrogens with one attached hydrogen (secondary N) is 1. The Hall–Kier alpha value is -3.06. The predicted octanol–water partition coefficient (Wildman–Crippen LogP) is 1.87. The van der Waals surface area contributed by atoms with Crippen LogP contribution in [0.15, 0.2) is 48.5 Å². The normalized spacial score (nSPS) is 16.8. The number of fused-ring (bicyclic) bond motifs is 1. The summed E-state index contributed by atoms with van der Waals surface area (Å²) in [6.07, 6.45) is 0.247. The minimum Gasteiger partial charge on any atom is -0.482 e. The summed E-state index contributed by atoms with van der Waals surface area (Å²) in [5.74, 6) is 0.487. The smallest absolute Gasteiger partial charge is 0.265 e. The van der Waals surface area contributed by atoms with Crippen molar-refractivity contribution in [3.8, 4) is 5.75 Å². The minimum absolute atomic E-state index is 0.0109. The molecule has 2 aliphatic rings. The third kappa shape index (κ3) is 4.57. The van der Waals surface area contributed by atoms with E-state index in [0.717, 1.165) is 37.4 Å². The van der Waals surface area contributed by atoms with E-state index < -0.39 is 0 Å². The first-order chi connectivity index (χ1) is 14.6. The van der Waals surface area contributed by atoms with Gasteiger partial charge in [-0.3, -0.25) is 9.59 Å². The van der Waals surface area contributed by atoms with Crippen LogP contribution in [0.4, 0.5) is 11.4 Å². The third-order valence-corrected chi connectivity index (χ3v) is 5.68. The molecule has 2 heterocycles. The van der Waals surface area contributed by atoms with Gasteiger partial charge >= 0.3 is 0 Å². The second kappa shape index (κ2) is 9.17. The molecule has 0 unspecified atom stereocenters. The fourth-order valence-electron chi connectivity index (χ4n) is 3.91. The highest BCUT2D eigenvalue weighted by Crippen LogP contribution is 2.31. The maximum atomic E-state index is 12.5. The molecule has 30 heavy (non-hydrogen) atoms. The second-order valence-corrected chi connectivity index (χ2v) is 7.75. The number of carbonyl (C=O) groups is 2. The topological polar surface area (TPSA) is 65.1 Å². The molecule has 0 bridgehead atoms. The molecule has 158 valence electrons. The molecule has 0 atom stereocenters. The Balaban J connectivity index is 1.33. The van der Waals surface area contributed by atoms with E-state index in [1.165, 1.54) is 5.69 Å². The van der Waals surface area contributed by atoms with Crippen LogP contribution < -0.4 is 19.9 Å². The number of hydrogen-bond donors (Lipinski definition) is 1. The van der Waals surface area contributed by atoms with Crippen molar-refractivity contribution >= 4 is 23.2 Å². The van der Waals surface area contributed by atoms with E-state index >= 15 is 0 Å². The standard InChI is InChI=1S/C23H28N4O3/c1-25-12-14-26(15-13-25)19-7-3-2-6-18(19)16-24-22(28)10-11-27-20-8-4-5-9-21(20)30-17-23(27)29/h2-9H,10-17H2,1H3,(H,24,28). The molecule has 2 aliphatic heterocycles. The van der Waals surface area contributed by atoms with Crippen LogP contribution in [0.25, 0.3) is 0 Å². The lowest BCUT2D eigenvalue weighted by Crippen LogP contribution is -2.45. The Labute approximate surface area is 177 Å². The predicted molar refractivity (Wildman–Crippen MR) is 117 cm³/mol. The first-order valence-corrected chi connectivity index (χ1v) is 10.4. The molecule has 0 saturated carbocycles. The Kier molecular flexibility index (Phi) is 6.18. The van der Waals surface area contributed by atoms with Crippen molar-refractivity contribution < 1.29 is 14.3 Å². The third-order valence-electron chi connectivity index (χ3n) is 5.68. The van der Waals surface area contributed by atoms with Gasteiger partial charge in [0.05, 0.1) is 5.69 Å². The van der Waals surface area contributed by atoms with Crippen LogP contribution in [0.2, 0.25) is 0 Å². The number of rotatable bonds is 6. The van der Waals surface area contributed by atoms with Gasteiger partial charge in [0.2, 0.25) is 5.91 Å². The summed E-state index contributed by atoms with van der Waals surface area (Å²) >= 11 is 0. The molecule has 2 amide bonds. The summed E-state index contributed by atoms with van der Waals surface area (Å²) in [6.45, 7) is 4.88. The summed E-state index contributed by atoms with van der Waals surface area (Å²) in [5, 5.41) is 3.02. The summed E-state index contributed by atoms with van der Waals surface area (Å²) in [6, 6.07) is 15.7. The first kappa shape index (κ1) is 20.2. The van der Waals surface area contributed by atoms with Gasteiger partial charge in [0.15, 0.2) is 6.61 Å². The fraction of sp³-hybridized carbons (Fsp3) is 0.391. The van der Waals surface area contributed by atoms with E-state index in [4.69, 9.17) is 4.74 Å². The van der Waals surface area contributed by atoms with Crippen molar-refractivity contribution in [3.63, 3.8) is 0 Å². The van der Waals surface area contributed by atoms with E-state index in [9.17, 15) is 9.59 Å². The highest BCUT2D eigenvalue weighted by atomic mass is 16.5. The molecule has 0 aromatic heterocycles. The number of likely N-dealkylation sites (N-methyl/N-ethyl adjacent to an activating group) is 1. The Morgan fingerprint density at radius 1 is 1.00 bits per heavy atom. The maximum Gasteiger partial charge on any atom is 0.265 e. The lowest BCUT2D eigenvalue weighted by molar-refractivity contribution is -0.122. The number of para-hydroxylation sites is 3. The molecular weight excluding hydrogens is 380 g/mol. The van der Waals surface area contributed by atoms with Gasteiger partial charge in [0.25, 0.3) is 5.91 Å². The zero-order valence-corrected chi connectivity index (χ0v) is 17.3. The molecular formula is C23H28N4O3. The van der Waals surface area contributed by atoms with Crippen LogP contribution in [-0.4, -0.2) is 63.1 Å². The molecule has 4 rings (SSSR count). The zero-order valence-electron chi connectivity index (χ0n) is 17.3. The number of ether oxygens (including phenoxy) is 1. The molecule has 0 aliphatic carbocycles. The number of hydrogen-bond acceptors (Lipinski definition) is 5. The summed E-state index contributed by atoms with van der Waals surface area (Å²) in [5.41, 5.74) is 3.02.